The molecule has 3 aromatic carbocycles. The number of nitrogens with one attached hydrogen (secondary N) is 1. The summed E-state index contributed by atoms with van der Waals surface area (Å²) < 4.78 is 11.9. The minimum atomic E-state index is -1.35. The van der Waals surface area contributed by atoms with Crippen LogP contribution in [0.25, 0.3) is 0 Å². The Kier molecular flexibility index (Phi) is 7.29. The van der Waals surface area contributed by atoms with Crippen LogP contribution in [0.15, 0.2) is 54.6 Å². The van der Waals surface area contributed by atoms with Gasteiger partial charge in [0.2, 0.25) is 5.91 Å². The molecule has 0 heterocycles. The minimum Gasteiger partial charge on any atom is -0.326 e. The third-order valence-electron chi connectivity index (χ3n) is 5.98. The zero-order valence-corrected chi connectivity index (χ0v) is 22.2. The van der Waals surface area contributed by atoms with Crippen LogP contribution in [0.4, 0.5) is 15.8 Å². The van der Waals surface area contributed by atoms with Crippen molar-refractivity contribution in [2.45, 2.75) is 17.2 Å². The highest BCUT2D eigenvalue weighted by atomic mass is 35.5. The maximum absolute atomic E-state index is 13.2. The molecule has 1 aliphatic carbocycles. The highest BCUT2D eigenvalue weighted by Crippen LogP contribution is 2.65. The SMILES string of the molecule is Cc1c(Cl)cc(C2C(C(=O)Nc3ccc(Cl)c(C(=O)N(C)c4ccc(F)cc4)c3)C2(Cl)Cl)cc1Cl. The number of anilines is 2. The third-order valence-corrected chi connectivity index (χ3v) is 8.04. The standard InChI is InChI=1S/C25H18Cl5FN2O2/c1-12-19(27)9-13(10-20(12)28)21-22(25(21,29)30)23(34)32-15-5-8-18(26)17(11-15)24(35)33(2)16-6-3-14(31)4-7-16/h3-11,21-22H,1-2H3,(H,32,34). The van der Waals surface area contributed by atoms with Gasteiger partial charge in [-0.15, -0.1) is 23.2 Å². The second kappa shape index (κ2) is 9.79. The van der Waals surface area contributed by atoms with Gasteiger partial charge in [0.05, 0.1) is 16.5 Å². The fraction of sp³-hybridized carbons (Fsp3) is 0.200. The smallest absolute Gasteiger partial charge is 0.259 e. The van der Waals surface area contributed by atoms with Crippen molar-refractivity contribution in [2.24, 2.45) is 5.92 Å². The Morgan fingerprint density at radius 3 is 2.14 bits per heavy atom. The molecule has 0 bridgehead atoms. The summed E-state index contributed by atoms with van der Waals surface area (Å²) in [5, 5.41) is 3.85. The molecule has 1 N–H and O–H groups in total. The van der Waals surface area contributed by atoms with Crippen LogP contribution in [0.3, 0.4) is 0 Å². The average Bonchev–Trinajstić information content (AvgIpc) is 3.40. The molecule has 10 heteroatoms. The number of carbonyl (C=O) groups is 2. The number of hydrogen-bond donors (Lipinski definition) is 1. The minimum absolute atomic E-state index is 0.156. The highest BCUT2D eigenvalue weighted by Gasteiger charge is 2.67. The van der Waals surface area contributed by atoms with Gasteiger partial charge < -0.3 is 10.2 Å². The van der Waals surface area contributed by atoms with E-state index in [4.69, 9.17) is 58.0 Å². The topological polar surface area (TPSA) is 49.4 Å². The molecule has 0 aromatic heterocycles. The van der Waals surface area contributed by atoms with Gasteiger partial charge >= 0.3 is 0 Å². The van der Waals surface area contributed by atoms with E-state index in [2.05, 4.69) is 5.32 Å². The van der Waals surface area contributed by atoms with Crippen molar-refractivity contribution in [1.82, 2.24) is 0 Å². The van der Waals surface area contributed by atoms with Crippen LogP contribution in [-0.2, 0) is 4.79 Å². The molecule has 0 aliphatic heterocycles. The maximum atomic E-state index is 13.2. The second-order valence-corrected chi connectivity index (χ2v) is 10.9. The van der Waals surface area contributed by atoms with Crippen molar-refractivity contribution in [3.63, 3.8) is 0 Å². The van der Waals surface area contributed by atoms with Crippen LogP contribution >= 0.6 is 58.0 Å². The summed E-state index contributed by atoms with van der Waals surface area (Å²) in [5.74, 6) is -2.56. The molecule has 35 heavy (non-hydrogen) atoms. The van der Waals surface area contributed by atoms with Gasteiger partial charge in [0, 0.05) is 34.4 Å². The van der Waals surface area contributed by atoms with Gasteiger partial charge in [0.25, 0.3) is 5.91 Å². The molecule has 4 nitrogen and oxygen atoms in total. The summed E-state index contributed by atoms with van der Waals surface area (Å²) in [5.41, 5.74) is 2.35. The van der Waals surface area contributed by atoms with E-state index in [1.54, 1.807) is 32.2 Å². The Balaban J connectivity index is 1.54. The molecule has 4 rings (SSSR count). The summed E-state index contributed by atoms with van der Waals surface area (Å²) >= 11 is 31.6. The van der Waals surface area contributed by atoms with E-state index in [0.717, 1.165) is 5.56 Å². The van der Waals surface area contributed by atoms with Crippen LogP contribution in [0.5, 0.6) is 0 Å². The molecular formula is C25H18Cl5FN2O2. The molecule has 1 saturated carbocycles. The number of nitrogens with zero attached hydrogens (tertiary/aromatic N) is 1. The summed E-state index contributed by atoms with van der Waals surface area (Å²) in [6.45, 7) is 1.78. The van der Waals surface area contributed by atoms with Crippen molar-refractivity contribution < 1.29 is 14.0 Å². The fourth-order valence-corrected chi connectivity index (χ4v) is 5.39. The normalized spacial score (nSPS) is 18.2. The largest absolute Gasteiger partial charge is 0.326 e. The first-order valence-corrected chi connectivity index (χ1v) is 12.3. The molecule has 1 fully saturated rings. The first-order chi connectivity index (χ1) is 16.4. The predicted octanol–water partition coefficient (Wildman–Crippen LogP) is 7.90. The van der Waals surface area contributed by atoms with Crippen LogP contribution in [0.2, 0.25) is 15.1 Å². The zero-order valence-electron chi connectivity index (χ0n) is 18.4. The van der Waals surface area contributed by atoms with Crippen molar-refractivity contribution in [3.8, 4) is 0 Å². The summed E-state index contributed by atoms with van der Waals surface area (Å²) in [6.07, 6.45) is 0. The molecule has 3 aromatic rings. The summed E-state index contributed by atoms with van der Waals surface area (Å²) in [7, 11) is 1.54. The second-order valence-electron chi connectivity index (χ2n) is 8.26. The van der Waals surface area contributed by atoms with Gasteiger partial charge in [-0.05, 0) is 72.6 Å². The Labute approximate surface area is 226 Å². The zero-order chi connectivity index (χ0) is 25.7. The third kappa shape index (κ3) is 5.11. The number of amides is 2. The molecule has 0 saturated heterocycles. The number of halogens is 6. The Hall–Kier alpha value is -2.02. The van der Waals surface area contributed by atoms with Gasteiger partial charge in [-0.2, -0.15) is 0 Å². The van der Waals surface area contributed by atoms with Crippen molar-refractivity contribution >= 4 is 81.2 Å². The summed E-state index contributed by atoms with van der Waals surface area (Å²) in [4.78, 5) is 27.4. The number of hydrogen-bond acceptors (Lipinski definition) is 2. The van der Waals surface area contributed by atoms with E-state index in [-0.39, 0.29) is 10.6 Å². The van der Waals surface area contributed by atoms with E-state index in [9.17, 15) is 14.0 Å². The van der Waals surface area contributed by atoms with Gasteiger partial charge in [-0.1, -0.05) is 34.8 Å². The molecule has 2 unspecified atom stereocenters. The van der Waals surface area contributed by atoms with E-state index in [1.165, 1.54) is 41.3 Å². The average molecular weight is 575 g/mol. The number of benzene rings is 3. The van der Waals surface area contributed by atoms with Crippen molar-refractivity contribution in [3.05, 3.63) is 92.2 Å². The molecular weight excluding hydrogens is 557 g/mol. The lowest BCUT2D eigenvalue weighted by atomic mass is 10.1. The monoisotopic (exact) mass is 572 g/mol. The number of carbonyl (C=O) groups excluding carboxylic acids is 2. The summed E-state index contributed by atoms with van der Waals surface area (Å²) in [6, 6.07) is 13.4. The Bertz CT molecular complexity index is 1310. The van der Waals surface area contributed by atoms with Gasteiger partial charge in [-0.3, -0.25) is 9.59 Å². The lowest BCUT2D eigenvalue weighted by Gasteiger charge is -2.18. The van der Waals surface area contributed by atoms with E-state index >= 15 is 0 Å². The van der Waals surface area contributed by atoms with Crippen molar-refractivity contribution in [1.29, 1.82) is 0 Å². The molecule has 182 valence electrons. The maximum Gasteiger partial charge on any atom is 0.259 e. The number of alkyl halides is 2. The number of rotatable bonds is 5. The van der Waals surface area contributed by atoms with Crippen LogP contribution < -0.4 is 10.2 Å². The highest BCUT2D eigenvalue weighted by molar-refractivity contribution is 6.53. The molecule has 2 atom stereocenters. The van der Waals surface area contributed by atoms with Gasteiger partial charge in [0.15, 0.2) is 0 Å². The van der Waals surface area contributed by atoms with E-state index in [1.807, 2.05) is 0 Å². The quantitative estimate of drug-likeness (QED) is 0.315. The first-order valence-electron chi connectivity index (χ1n) is 10.4. The lowest BCUT2D eigenvalue weighted by Crippen LogP contribution is -2.26. The lowest BCUT2D eigenvalue weighted by molar-refractivity contribution is -0.117. The van der Waals surface area contributed by atoms with E-state index in [0.29, 0.717) is 27.0 Å². The van der Waals surface area contributed by atoms with Crippen LogP contribution in [0.1, 0.15) is 27.4 Å². The van der Waals surface area contributed by atoms with Crippen LogP contribution in [0, 0.1) is 18.7 Å². The van der Waals surface area contributed by atoms with Gasteiger partial charge in [-0.25, -0.2) is 4.39 Å². The fourth-order valence-electron chi connectivity index (χ4n) is 3.86. The molecule has 0 radical (unpaired) electrons. The molecule has 1 aliphatic rings. The van der Waals surface area contributed by atoms with Gasteiger partial charge in [0.1, 0.15) is 10.2 Å². The van der Waals surface area contributed by atoms with Crippen molar-refractivity contribution in [2.75, 3.05) is 17.3 Å². The Morgan fingerprint density at radius 1 is 0.943 bits per heavy atom. The molecule has 0 spiro atoms. The first kappa shape index (κ1) is 26.1. The molecule has 2 amide bonds. The Morgan fingerprint density at radius 2 is 1.54 bits per heavy atom. The van der Waals surface area contributed by atoms with Crippen LogP contribution in [-0.4, -0.2) is 23.2 Å². The van der Waals surface area contributed by atoms with E-state index < -0.39 is 33.8 Å². The predicted molar refractivity (Wildman–Crippen MR) is 141 cm³/mol.